The number of esters is 1. The second kappa shape index (κ2) is 18.7. The normalized spacial score (nSPS) is 12.8. The fraction of sp³-hybridized carbons (Fsp3) is 0.410. The number of ether oxygens (including phenoxy) is 1. The van der Waals surface area contributed by atoms with E-state index >= 15 is 8.78 Å². The van der Waals surface area contributed by atoms with Crippen molar-refractivity contribution < 1.29 is 40.7 Å². The number of unbranched alkanes of at least 4 members (excludes halogenated alkanes) is 2. The monoisotopic (exact) mass is 733 g/mol. The summed E-state index contributed by atoms with van der Waals surface area (Å²) in [6, 6.07) is 2.19. The number of nitrogens with one attached hydrogen (secondary N) is 1. The van der Waals surface area contributed by atoms with Crippen LogP contribution in [0.15, 0.2) is 66.6 Å². The van der Waals surface area contributed by atoms with Gasteiger partial charge in [-0.05, 0) is 119 Å². The van der Waals surface area contributed by atoms with Crippen LogP contribution in [-0.4, -0.2) is 48.6 Å². The molecule has 1 heterocycles. The maximum Gasteiger partial charge on any atom is 0.416 e. The molecule has 0 aliphatic heterocycles. The summed E-state index contributed by atoms with van der Waals surface area (Å²) in [6.07, 6.45) is 0.733. The minimum Gasteiger partial charge on any atom is -0.466 e. The molecule has 1 amide bonds. The van der Waals surface area contributed by atoms with Crippen LogP contribution in [0, 0.1) is 24.4 Å². The van der Waals surface area contributed by atoms with Gasteiger partial charge in [-0.3, -0.25) is 14.4 Å². The van der Waals surface area contributed by atoms with Gasteiger partial charge in [-0.2, -0.15) is 13.2 Å². The number of carbonyl (C=O) groups excluding carboxylic acids is 2. The summed E-state index contributed by atoms with van der Waals surface area (Å²) in [5, 5.41) is 2.53. The van der Waals surface area contributed by atoms with Crippen LogP contribution < -0.4 is 10.9 Å². The zero-order chi connectivity index (χ0) is 38.7. The van der Waals surface area contributed by atoms with Crippen molar-refractivity contribution in [2.75, 3.05) is 27.2 Å². The smallest absolute Gasteiger partial charge is 0.416 e. The highest BCUT2D eigenvalue weighted by atomic mass is 19.4. The lowest BCUT2D eigenvalue weighted by molar-refractivity contribution is -0.144. The number of likely N-dealkylation sites (N-methyl/N-ethyl adjacent to an activating group) is 1. The Morgan fingerprint density at radius 3 is 2.33 bits per heavy atom. The molecule has 52 heavy (non-hydrogen) atoms. The van der Waals surface area contributed by atoms with Gasteiger partial charge in [0.1, 0.15) is 11.9 Å². The molecule has 0 saturated carbocycles. The lowest BCUT2D eigenvalue weighted by Crippen LogP contribution is -2.40. The van der Waals surface area contributed by atoms with E-state index in [2.05, 4.69) is 18.5 Å². The molecule has 3 rings (SSSR count). The van der Waals surface area contributed by atoms with E-state index in [-0.39, 0.29) is 37.1 Å². The maximum atomic E-state index is 15.8. The molecular weight excluding hydrogens is 688 g/mol. The highest BCUT2D eigenvalue weighted by molar-refractivity contribution is 5.82. The van der Waals surface area contributed by atoms with E-state index in [0.717, 1.165) is 29.7 Å². The number of aromatic nitrogens is 1. The third kappa shape index (κ3) is 10.9. The molecule has 3 aromatic rings. The highest BCUT2D eigenvalue weighted by Crippen LogP contribution is 2.36. The molecule has 0 aliphatic rings. The van der Waals surface area contributed by atoms with Gasteiger partial charge in [0.05, 0.1) is 24.6 Å². The van der Waals surface area contributed by atoms with Crippen molar-refractivity contribution in [2.45, 2.75) is 77.1 Å². The topological polar surface area (TPSA) is 80.6 Å². The van der Waals surface area contributed by atoms with E-state index in [1.165, 1.54) is 31.2 Å². The lowest BCUT2D eigenvalue weighted by Gasteiger charge is -2.26. The molecule has 0 bridgehead atoms. The molecule has 0 aliphatic carbocycles. The number of pyridine rings is 1. The maximum absolute atomic E-state index is 15.8. The first kappa shape index (κ1) is 41.8. The molecule has 0 spiro atoms. The van der Waals surface area contributed by atoms with Crippen molar-refractivity contribution in [2.24, 2.45) is 0 Å². The SMILES string of the molecule is C=CCCCCc1cc(F)cc(C)c1-c1cc(F)c(F)c([C@H](CC(=O)OCC)NC(=O)[C@H](CC=C)n2cc(CCN(C)C)c(C(F)(F)F)cc2=O)c1. The first-order valence-electron chi connectivity index (χ1n) is 16.9. The van der Waals surface area contributed by atoms with Crippen molar-refractivity contribution in [3.8, 4) is 11.1 Å². The lowest BCUT2D eigenvalue weighted by atomic mass is 9.89. The number of allylic oxidation sites excluding steroid dienone is 2. The Kier molecular flexibility index (Phi) is 15.0. The van der Waals surface area contributed by atoms with Crippen LogP contribution in [0.25, 0.3) is 11.1 Å². The molecule has 2 atom stereocenters. The number of hydrogen-bond acceptors (Lipinski definition) is 5. The number of amides is 1. The second-order valence-electron chi connectivity index (χ2n) is 12.8. The molecule has 0 unspecified atom stereocenters. The van der Waals surface area contributed by atoms with E-state index in [4.69, 9.17) is 4.74 Å². The number of rotatable bonds is 18. The van der Waals surface area contributed by atoms with E-state index in [9.17, 15) is 31.9 Å². The molecule has 282 valence electrons. The third-order valence-corrected chi connectivity index (χ3v) is 8.52. The van der Waals surface area contributed by atoms with Crippen LogP contribution in [0.4, 0.5) is 26.3 Å². The Morgan fingerprint density at radius 1 is 1.00 bits per heavy atom. The molecular formula is C39H45F6N3O4. The van der Waals surface area contributed by atoms with Crippen molar-refractivity contribution in [1.82, 2.24) is 14.8 Å². The van der Waals surface area contributed by atoms with E-state index in [1.54, 1.807) is 32.0 Å². The van der Waals surface area contributed by atoms with Crippen LogP contribution in [0.5, 0.6) is 0 Å². The molecule has 7 nitrogen and oxygen atoms in total. The number of alkyl halides is 3. The first-order valence-corrected chi connectivity index (χ1v) is 16.9. The molecule has 1 N–H and O–H groups in total. The average molecular weight is 734 g/mol. The highest BCUT2D eigenvalue weighted by Gasteiger charge is 2.36. The van der Waals surface area contributed by atoms with Gasteiger partial charge in [0.15, 0.2) is 11.6 Å². The predicted octanol–water partition coefficient (Wildman–Crippen LogP) is 8.19. The standard InChI is InChI=1S/C39H45F6N3O4/c1-7-10-11-12-14-25-18-28(40)17-24(4)36(25)27-19-29(37(42)31(41)20-27)32(22-35(50)52-9-3)46-38(51)33(13-8-2)48-23-26(15-16-47(5)6)30(21-34(48)49)39(43,44)45/h7-8,17-21,23,32-33H,1-2,9-16,22H2,3-6H3,(H,46,51)/t32-,33-/m0/s1. The fourth-order valence-electron chi connectivity index (χ4n) is 6.08. The number of hydrogen-bond donors (Lipinski definition) is 1. The van der Waals surface area contributed by atoms with Crippen molar-refractivity contribution in [3.05, 3.63) is 117 Å². The quantitative estimate of drug-likeness (QED) is 0.0618. The third-order valence-electron chi connectivity index (χ3n) is 8.52. The van der Waals surface area contributed by atoms with Gasteiger partial charge in [-0.1, -0.05) is 12.2 Å². The summed E-state index contributed by atoms with van der Waals surface area (Å²) >= 11 is 0. The zero-order valence-electron chi connectivity index (χ0n) is 29.8. The zero-order valence-corrected chi connectivity index (χ0v) is 29.8. The van der Waals surface area contributed by atoms with Gasteiger partial charge in [-0.25, -0.2) is 13.2 Å². The molecule has 0 saturated heterocycles. The van der Waals surface area contributed by atoms with Crippen molar-refractivity contribution >= 4 is 11.9 Å². The van der Waals surface area contributed by atoms with Gasteiger partial charge >= 0.3 is 12.1 Å². The van der Waals surface area contributed by atoms with Gasteiger partial charge < -0.3 is 19.5 Å². The Balaban J connectivity index is 2.17. The summed E-state index contributed by atoms with van der Waals surface area (Å²) < 4.78 is 93.5. The summed E-state index contributed by atoms with van der Waals surface area (Å²) in [5.74, 6) is -5.02. The Morgan fingerprint density at radius 2 is 1.71 bits per heavy atom. The van der Waals surface area contributed by atoms with E-state index in [0.29, 0.717) is 35.6 Å². The van der Waals surface area contributed by atoms with Gasteiger partial charge in [0.2, 0.25) is 5.91 Å². The minimum atomic E-state index is -4.85. The number of carbonyl (C=O) groups is 2. The summed E-state index contributed by atoms with van der Waals surface area (Å²) in [5.41, 5.74) is -1.33. The van der Waals surface area contributed by atoms with Gasteiger partial charge in [-0.15, -0.1) is 13.2 Å². The largest absolute Gasteiger partial charge is 0.466 e. The van der Waals surface area contributed by atoms with E-state index < -0.39 is 70.7 Å². The minimum absolute atomic E-state index is 0.0594. The van der Waals surface area contributed by atoms with Gasteiger partial charge in [0.25, 0.3) is 5.56 Å². The molecule has 0 radical (unpaired) electrons. The van der Waals surface area contributed by atoms with Crippen LogP contribution >= 0.6 is 0 Å². The first-order chi connectivity index (χ1) is 24.5. The summed E-state index contributed by atoms with van der Waals surface area (Å²) in [4.78, 5) is 41.5. The molecule has 2 aromatic carbocycles. The number of benzene rings is 2. The Bertz CT molecular complexity index is 1820. The van der Waals surface area contributed by atoms with Crippen LogP contribution in [0.3, 0.4) is 0 Å². The number of aryl methyl sites for hydroxylation is 2. The summed E-state index contributed by atoms with van der Waals surface area (Å²) in [6.45, 7) is 10.6. The Hall–Kier alpha value is -4.65. The van der Waals surface area contributed by atoms with Crippen LogP contribution in [-0.2, 0) is 33.3 Å². The average Bonchev–Trinajstić information content (AvgIpc) is 3.05. The van der Waals surface area contributed by atoms with Crippen molar-refractivity contribution in [3.63, 3.8) is 0 Å². The van der Waals surface area contributed by atoms with E-state index in [1.807, 2.05) is 0 Å². The summed E-state index contributed by atoms with van der Waals surface area (Å²) in [7, 11) is 3.33. The molecule has 0 fully saturated rings. The number of nitrogens with zero attached hydrogens (tertiary/aromatic N) is 2. The Labute approximate surface area is 300 Å². The van der Waals surface area contributed by atoms with Gasteiger partial charge in [0, 0.05) is 24.4 Å². The van der Waals surface area contributed by atoms with Crippen LogP contribution in [0.1, 0.15) is 78.9 Å². The molecule has 1 aromatic heterocycles. The second-order valence-corrected chi connectivity index (χ2v) is 12.8. The molecule has 13 heteroatoms. The predicted molar refractivity (Wildman–Crippen MR) is 188 cm³/mol. The van der Waals surface area contributed by atoms with Crippen molar-refractivity contribution in [1.29, 1.82) is 0 Å². The number of halogens is 6. The van der Waals surface area contributed by atoms with Crippen LogP contribution in [0.2, 0.25) is 0 Å². The fourth-order valence-corrected chi connectivity index (χ4v) is 6.08.